The molecule has 4 rings (SSSR count). The molecule has 4 aromatic rings. The van der Waals surface area contributed by atoms with Gasteiger partial charge in [0.1, 0.15) is 11.8 Å². The Bertz CT molecular complexity index is 1370. The Morgan fingerprint density at radius 3 is 2.57 bits per heavy atom. The number of carbonyl (C=O) groups is 3. The Hall–Kier alpha value is -4.33. The number of H-pyrrole nitrogens is 1. The Balaban J connectivity index is 1.42. The van der Waals surface area contributed by atoms with Gasteiger partial charge < -0.3 is 25.4 Å². The van der Waals surface area contributed by atoms with Gasteiger partial charge in [0.25, 0.3) is 11.8 Å². The van der Waals surface area contributed by atoms with Crippen molar-refractivity contribution in [3.8, 4) is 11.3 Å². The van der Waals surface area contributed by atoms with Gasteiger partial charge in [-0.05, 0) is 53.9 Å². The lowest BCUT2D eigenvalue weighted by atomic mass is 10.0. The lowest BCUT2D eigenvalue weighted by Crippen LogP contribution is -2.48. The molecule has 4 N–H and O–H groups in total. The van der Waals surface area contributed by atoms with Gasteiger partial charge in [-0.3, -0.25) is 14.4 Å². The van der Waals surface area contributed by atoms with Crippen molar-refractivity contribution in [2.45, 2.75) is 26.4 Å². The molecular formula is C27H28N4O4. The lowest BCUT2D eigenvalue weighted by molar-refractivity contribution is -0.123. The molecule has 0 unspecified atom stereocenters. The number of carbonyl (C=O) groups excluding carboxylic acids is 3. The number of rotatable bonds is 8. The zero-order chi connectivity index (χ0) is 24.9. The van der Waals surface area contributed by atoms with Crippen molar-refractivity contribution >= 4 is 28.6 Å². The van der Waals surface area contributed by atoms with E-state index in [1.54, 1.807) is 18.2 Å². The van der Waals surface area contributed by atoms with E-state index in [2.05, 4.69) is 20.9 Å². The largest absolute Gasteiger partial charge is 0.451 e. The molecule has 1 atom stereocenters. The van der Waals surface area contributed by atoms with Gasteiger partial charge in [-0.1, -0.05) is 32.0 Å². The van der Waals surface area contributed by atoms with Crippen molar-refractivity contribution in [2.75, 3.05) is 7.05 Å². The van der Waals surface area contributed by atoms with Crippen LogP contribution in [0.2, 0.25) is 0 Å². The molecule has 8 heteroatoms. The predicted molar refractivity (Wildman–Crippen MR) is 134 cm³/mol. The molecular weight excluding hydrogens is 444 g/mol. The lowest BCUT2D eigenvalue weighted by Gasteiger charge is -2.19. The first-order chi connectivity index (χ1) is 16.9. The highest BCUT2D eigenvalue weighted by molar-refractivity contribution is 5.98. The monoisotopic (exact) mass is 472 g/mol. The normalized spacial score (nSPS) is 11.9. The van der Waals surface area contributed by atoms with E-state index in [1.807, 2.05) is 62.5 Å². The van der Waals surface area contributed by atoms with Gasteiger partial charge in [-0.2, -0.15) is 0 Å². The second kappa shape index (κ2) is 10.3. The topological polar surface area (TPSA) is 116 Å². The Morgan fingerprint density at radius 2 is 1.80 bits per heavy atom. The van der Waals surface area contributed by atoms with Crippen LogP contribution in [-0.2, 0) is 11.3 Å². The predicted octanol–water partition coefficient (Wildman–Crippen LogP) is 3.86. The summed E-state index contributed by atoms with van der Waals surface area (Å²) in [5.74, 6) is -0.323. The second-order valence-corrected chi connectivity index (χ2v) is 8.64. The van der Waals surface area contributed by atoms with Crippen LogP contribution in [0.4, 0.5) is 0 Å². The number of furan rings is 1. The summed E-state index contributed by atoms with van der Waals surface area (Å²) in [6.07, 6.45) is 1.84. The van der Waals surface area contributed by atoms with Gasteiger partial charge in [-0.25, -0.2) is 0 Å². The number of fused-ring (bicyclic) bond motifs is 1. The van der Waals surface area contributed by atoms with Gasteiger partial charge >= 0.3 is 0 Å². The first kappa shape index (κ1) is 23.8. The maximum atomic E-state index is 12.6. The quantitative estimate of drug-likeness (QED) is 0.312. The summed E-state index contributed by atoms with van der Waals surface area (Å²) in [6, 6.07) is 17.6. The van der Waals surface area contributed by atoms with Crippen molar-refractivity contribution in [3.05, 3.63) is 83.7 Å². The van der Waals surface area contributed by atoms with Gasteiger partial charge in [0.05, 0.1) is 0 Å². The van der Waals surface area contributed by atoms with Crippen molar-refractivity contribution in [1.29, 1.82) is 0 Å². The molecule has 0 radical (unpaired) electrons. The maximum absolute atomic E-state index is 12.6. The fourth-order valence-corrected chi connectivity index (χ4v) is 3.83. The van der Waals surface area contributed by atoms with E-state index < -0.39 is 11.9 Å². The third-order valence-corrected chi connectivity index (χ3v) is 5.79. The highest BCUT2D eigenvalue weighted by Gasteiger charge is 2.25. The Morgan fingerprint density at radius 1 is 0.971 bits per heavy atom. The van der Waals surface area contributed by atoms with Crippen LogP contribution < -0.4 is 16.0 Å². The zero-order valence-electron chi connectivity index (χ0n) is 19.8. The number of aromatic nitrogens is 1. The molecule has 180 valence electrons. The zero-order valence-corrected chi connectivity index (χ0v) is 19.8. The van der Waals surface area contributed by atoms with Crippen LogP contribution >= 0.6 is 0 Å². The average Bonchev–Trinajstić information content (AvgIpc) is 3.55. The van der Waals surface area contributed by atoms with Crippen molar-refractivity contribution in [1.82, 2.24) is 20.9 Å². The summed E-state index contributed by atoms with van der Waals surface area (Å²) in [7, 11) is 1.53. The molecule has 0 spiro atoms. The summed E-state index contributed by atoms with van der Waals surface area (Å²) in [5, 5.41) is 9.20. The van der Waals surface area contributed by atoms with E-state index in [9.17, 15) is 14.4 Å². The number of amides is 3. The van der Waals surface area contributed by atoms with E-state index in [4.69, 9.17) is 4.42 Å². The number of likely N-dealkylation sites (N-methyl/N-ethyl adjacent to an activating group) is 1. The highest BCUT2D eigenvalue weighted by atomic mass is 16.4. The maximum Gasteiger partial charge on any atom is 0.287 e. The smallest absolute Gasteiger partial charge is 0.287 e. The van der Waals surface area contributed by atoms with Crippen LogP contribution in [0.3, 0.4) is 0 Å². The fourth-order valence-electron chi connectivity index (χ4n) is 3.83. The minimum absolute atomic E-state index is 0.0786. The number of benzene rings is 2. The molecule has 3 amide bonds. The second-order valence-electron chi connectivity index (χ2n) is 8.64. The third kappa shape index (κ3) is 5.43. The summed E-state index contributed by atoms with van der Waals surface area (Å²) in [5.41, 5.74) is 3.23. The third-order valence-electron chi connectivity index (χ3n) is 5.79. The number of hydrogen-bond acceptors (Lipinski definition) is 4. The molecule has 0 bridgehead atoms. The van der Waals surface area contributed by atoms with E-state index in [-0.39, 0.29) is 23.5 Å². The standard InChI is InChI=1S/C27H28N4O4/c1-16(2)24(27(34)28-3)31-26(33)23-10-9-22(35-23)19-6-4-5-17(13-19)15-30-25(32)20-7-8-21-18(14-20)11-12-29-21/h4-14,16,24,29H,15H2,1-3H3,(H,28,34)(H,30,32)(H,31,33)/t24-/m0/s1. The molecule has 35 heavy (non-hydrogen) atoms. The van der Waals surface area contributed by atoms with Crippen molar-refractivity contribution in [3.63, 3.8) is 0 Å². The van der Waals surface area contributed by atoms with Crippen molar-refractivity contribution < 1.29 is 18.8 Å². The molecule has 2 heterocycles. The summed E-state index contributed by atoms with van der Waals surface area (Å²) in [6.45, 7) is 4.06. The van der Waals surface area contributed by atoms with Crippen molar-refractivity contribution in [2.24, 2.45) is 5.92 Å². The number of aromatic amines is 1. The minimum Gasteiger partial charge on any atom is -0.451 e. The van der Waals surface area contributed by atoms with E-state index in [0.29, 0.717) is 17.9 Å². The van der Waals surface area contributed by atoms with Crippen LogP contribution in [0.25, 0.3) is 22.2 Å². The van der Waals surface area contributed by atoms with Crippen LogP contribution in [0.1, 0.15) is 40.3 Å². The first-order valence-corrected chi connectivity index (χ1v) is 11.4. The first-order valence-electron chi connectivity index (χ1n) is 11.4. The molecule has 0 fully saturated rings. The molecule has 0 saturated heterocycles. The van der Waals surface area contributed by atoms with E-state index >= 15 is 0 Å². The van der Waals surface area contributed by atoms with Crippen LogP contribution in [0, 0.1) is 5.92 Å². The SMILES string of the molecule is CNC(=O)[C@@H](NC(=O)c1ccc(-c2cccc(CNC(=O)c3ccc4[nH]ccc4c3)c2)o1)C(C)C. The van der Waals surface area contributed by atoms with Crippen LogP contribution in [0.5, 0.6) is 0 Å². The summed E-state index contributed by atoms with van der Waals surface area (Å²) >= 11 is 0. The summed E-state index contributed by atoms with van der Waals surface area (Å²) < 4.78 is 5.77. The van der Waals surface area contributed by atoms with Gasteiger partial charge in [-0.15, -0.1) is 0 Å². The summed E-state index contributed by atoms with van der Waals surface area (Å²) in [4.78, 5) is 40.4. The highest BCUT2D eigenvalue weighted by Crippen LogP contribution is 2.23. The molecule has 0 aliphatic rings. The fraction of sp³-hybridized carbons (Fsp3) is 0.222. The molecule has 2 aromatic carbocycles. The van der Waals surface area contributed by atoms with E-state index in [1.165, 1.54) is 7.05 Å². The molecule has 0 aliphatic heterocycles. The number of nitrogens with one attached hydrogen (secondary N) is 4. The molecule has 8 nitrogen and oxygen atoms in total. The Labute approximate surface area is 203 Å². The van der Waals surface area contributed by atoms with Gasteiger partial charge in [0.2, 0.25) is 5.91 Å². The van der Waals surface area contributed by atoms with Crippen LogP contribution in [-0.4, -0.2) is 35.8 Å². The van der Waals surface area contributed by atoms with Gasteiger partial charge in [0, 0.05) is 41.8 Å². The van der Waals surface area contributed by atoms with Gasteiger partial charge in [0.15, 0.2) is 5.76 Å². The molecule has 0 saturated carbocycles. The Kier molecular flexibility index (Phi) is 7.01. The molecule has 0 aliphatic carbocycles. The number of hydrogen-bond donors (Lipinski definition) is 4. The van der Waals surface area contributed by atoms with E-state index in [0.717, 1.165) is 22.0 Å². The minimum atomic E-state index is -0.661. The van der Waals surface area contributed by atoms with Crippen LogP contribution in [0.15, 0.2) is 71.3 Å². The molecule has 2 aromatic heterocycles. The average molecular weight is 473 g/mol.